The topological polar surface area (TPSA) is 83.8 Å². The van der Waals surface area contributed by atoms with Gasteiger partial charge in [-0.1, -0.05) is 6.92 Å². The molecule has 1 aliphatic heterocycles. The van der Waals surface area contributed by atoms with Crippen molar-refractivity contribution < 1.29 is 4.42 Å². The molecule has 0 bridgehead atoms. The van der Waals surface area contributed by atoms with E-state index in [9.17, 15) is 0 Å². The second-order valence-corrected chi connectivity index (χ2v) is 6.77. The molecular weight excluding hydrogens is 328 g/mol. The molecule has 2 aromatic heterocycles. The molecule has 0 N–H and O–H groups in total. The number of likely N-dealkylation sites (tertiary alicyclic amines) is 1. The van der Waals surface area contributed by atoms with Gasteiger partial charge in [-0.25, -0.2) is 4.98 Å². The molecule has 7 nitrogen and oxygen atoms in total. The highest BCUT2D eigenvalue weighted by molar-refractivity contribution is 5.54. The number of piperidine rings is 1. The van der Waals surface area contributed by atoms with E-state index < -0.39 is 0 Å². The van der Waals surface area contributed by atoms with Crippen molar-refractivity contribution in [3.05, 3.63) is 54.4 Å². The molecule has 1 fully saturated rings. The average molecular weight is 348 g/mol. The van der Waals surface area contributed by atoms with Crippen LogP contribution in [0.5, 0.6) is 0 Å². The Kier molecular flexibility index (Phi) is 4.50. The summed E-state index contributed by atoms with van der Waals surface area (Å²) in [7, 11) is 0. The summed E-state index contributed by atoms with van der Waals surface area (Å²) in [6.07, 6.45) is 6.87. The fourth-order valence-corrected chi connectivity index (χ4v) is 3.42. The zero-order chi connectivity index (χ0) is 17.9. The van der Waals surface area contributed by atoms with Crippen LogP contribution in [0.25, 0.3) is 11.5 Å². The normalized spacial score (nSPS) is 20.8. The van der Waals surface area contributed by atoms with Crippen molar-refractivity contribution in [1.82, 2.24) is 24.6 Å². The van der Waals surface area contributed by atoms with E-state index in [2.05, 4.69) is 37.6 Å². The fourth-order valence-electron chi connectivity index (χ4n) is 3.42. The first-order valence-electron chi connectivity index (χ1n) is 8.75. The molecule has 0 aliphatic carbocycles. The van der Waals surface area contributed by atoms with Crippen LogP contribution in [-0.2, 0) is 6.54 Å². The maximum atomic E-state index is 8.88. The molecule has 0 amide bonds. The van der Waals surface area contributed by atoms with Crippen molar-refractivity contribution in [2.75, 3.05) is 13.1 Å². The number of imidazole rings is 1. The van der Waals surface area contributed by atoms with Crippen LogP contribution in [0.2, 0.25) is 0 Å². The highest BCUT2D eigenvalue weighted by Crippen LogP contribution is 2.28. The smallest absolute Gasteiger partial charge is 0.247 e. The highest BCUT2D eigenvalue weighted by atomic mass is 16.4. The molecule has 26 heavy (non-hydrogen) atoms. The van der Waals surface area contributed by atoms with E-state index in [1.54, 1.807) is 12.1 Å². The van der Waals surface area contributed by atoms with E-state index in [0.717, 1.165) is 25.1 Å². The molecule has 1 saturated heterocycles. The molecule has 2 atom stereocenters. The monoisotopic (exact) mass is 348 g/mol. The number of benzene rings is 1. The van der Waals surface area contributed by atoms with Gasteiger partial charge in [0.05, 0.1) is 24.5 Å². The Labute approximate surface area is 151 Å². The first kappa shape index (κ1) is 16.5. The lowest BCUT2D eigenvalue weighted by atomic mass is 9.93. The van der Waals surface area contributed by atoms with E-state index in [1.807, 2.05) is 30.9 Å². The third-order valence-corrected chi connectivity index (χ3v) is 5.00. The highest BCUT2D eigenvalue weighted by Gasteiger charge is 2.28. The van der Waals surface area contributed by atoms with Crippen LogP contribution in [-0.4, -0.2) is 37.7 Å². The zero-order valence-electron chi connectivity index (χ0n) is 14.6. The van der Waals surface area contributed by atoms with Crippen molar-refractivity contribution in [2.45, 2.75) is 25.9 Å². The maximum Gasteiger partial charge on any atom is 0.247 e. The van der Waals surface area contributed by atoms with Crippen molar-refractivity contribution in [3.63, 3.8) is 0 Å². The number of hydrogen-bond acceptors (Lipinski definition) is 6. The Morgan fingerprint density at radius 1 is 1.27 bits per heavy atom. The molecule has 0 spiro atoms. The molecule has 1 aromatic carbocycles. The van der Waals surface area contributed by atoms with Gasteiger partial charge < -0.3 is 8.98 Å². The standard InChI is InChI=1S/C19H20N6O/c1-14-6-8-24(11-17(14)25-9-7-21-13-25)12-18-22-23-19(26-18)16-4-2-15(10-20)3-5-16/h2-5,7,9,13-14,17H,6,8,11-12H2,1H3/t14-,17+/m0/s1. The van der Waals surface area contributed by atoms with Gasteiger partial charge in [0.25, 0.3) is 0 Å². The SMILES string of the molecule is C[C@H]1CCN(Cc2nnc(-c3ccc(C#N)cc3)o2)C[C@H]1n1ccnc1. The molecule has 7 heteroatoms. The first-order valence-corrected chi connectivity index (χ1v) is 8.75. The number of nitriles is 1. The number of rotatable bonds is 4. The second-order valence-electron chi connectivity index (χ2n) is 6.77. The molecular formula is C19H20N6O. The summed E-state index contributed by atoms with van der Waals surface area (Å²) in [6, 6.07) is 9.67. The van der Waals surface area contributed by atoms with E-state index in [4.69, 9.17) is 9.68 Å². The van der Waals surface area contributed by atoms with Crippen LogP contribution in [0.4, 0.5) is 0 Å². The third-order valence-electron chi connectivity index (χ3n) is 5.00. The summed E-state index contributed by atoms with van der Waals surface area (Å²) in [4.78, 5) is 6.52. The quantitative estimate of drug-likeness (QED) is 0.721. The maximum absolute atomic E-state index is 8.88. The molecule has 1 aliphatic rings. The largest absolute Gasteiger partial charge is 0.419 e. The van der Waals surface area contributed by atoms with E-state index in [0.29, 0.717) is 35.8 Å². The van der Waals surface area contributed by atoms with Gasteiger partial charge in [-0.15, -0.1) is 10.2 Å². The van der Waals surface area contributed by atoms with Crippen LogP contribution >= 0.6 is 0 Å². The fraction of sp³-hybridized carbons (Fsp3) is 0.368. The number of nitrogens with zero attached hydrogens (tertiary/aromatic N) is 6. The van der Waals surface area contributed by atoms with E-state index in [1.165, 1.54) is 0 Å². The Hall–Kier alpha value is -2.98. The van der Waals surface area contributed by atoms with Crippen molar-refractivity contribution in [2.24, 2.45) is 5.92 Å². The minimum atomic E-state index is 0.409. The van der Waals surface area contributed by atoms with Gasteiger partial charge in [0.2, 0.25) is 11.8 Å². The van der Waals surface area contributed by atoms with Crippen molar-refractivity contribution in [3.8, 4) is 17.5 Å². The predicted molar refractivity (Wildman–Crippen MR) is 94.8 cm³/mol. The molecule has 3 aromatic rings. The minimum Gasteiger partial charge on any atom is -0.419 e. The Balaban J connectivity index is 1.44. The lowest BCUT2D eigenvalue weighted by Gasteiger charge is -2.37. The molecule has 4 rings (SSSR count). The second kappa shape index (κ2) is 7.10. The lowest BCUT2D eigenvalue weighted by Crippen LogP contribution is -2.40. The van der Waals surface area contributed by atoms with Gasteiger partial charge >= 0.3 is 0 Å². The van der Waals surface area contributed by atoms with E-state index >= 15 is 0 Å². The number of hydrogen-bond donors (Lipinski definition) is 0. The molecule has 3 heterocycles. The summed E-state index contributed by atoms with van der Waals surface area (Å²) in [5.74, 6) is 1.71. The van der Waals surface area contributed by atoms with Gasteiger partial charge in [0.1, 0.15) is 0 Å². The first-order chi connectivity index (χ1) is 12.7. The lowest BCUT2D eigenvalue weighted by molar-refractivity contribution is 0.117. The Morgan fingerprint density at radius 3 is 2.85 bits per heavy atom. The van der Waals surface area contributed by atoms with Crippen molar-refractivity contribution in [1.29, 1.82) is 5.26 Å². The zero-order valence-corrected chi connectivity index (χ0v) is 14.6. The summed E-state index contributed by atoms with van der Waals surface area (Å²) < 4.78 is 8.02. The summed E-state index contributed by atoms with van der Waals surface area (Å²) in [6.45, 7) is 4.88. The van der Waals surface area contributed by atoms with Gasteiger partial charge in [0.15, 0.2) is 0 Å². The summed E-state index contributed by atoms with van der Waals surface area (Å²) in [5.41, 5.74) is 1.44. The summed E-state index contributed by atoms with van der Waals surface area (Å²) >= 11 is 0. The van der Waals surface area contributed by atoms with Gasteiger partial charge in [0, 0.05) is 30.5 Å². The molecule has 0 saturated carbocycles. The van der Waals surface area contributed by atoms with Gasteiger partial charge in [-0.3, -0.25) is 4.90 Å². The summed E-state index contributed by atoms with van der Waals surface area (Å²) in [5, 5.41) is 17.2. The molecule has 0 radical (unpaired) electrons. The number of aromatic nitrogens is 4. The third kappa shape index (κ3) is 3.37. The predicted octanol–water partition coefficient (Wildman–Crippen LogP) is 2.89. The van der Waals surface area contributed by atoms with Crippen molar-refractivity contribution >= 4 is 0 Å². The van der Waals surface area contributed by atoms with Crippen LogP contribution in [0.15, 0.2) is 47.4 Å². The van der Waals surface area contributed by atoms with Gasteiger partial charge in [-0.2, -0.15) is 5.26 Å². The average Bonchev–Trinajstić information content (AvgIpc) is 3.35. The molecule has 0 unspecified atom stereocenters. The molecule has 132 valence electrons. The van der Waals surface area contributed by atoms with E-state index in [-0.39, 0.29) is 0 Å². The minimum absolute atomic E-state index is 0.409. The Bertz CT molecular complexity index is 893. The van der Waals surface area contributed by atoms with Gasteiger partial charge in [-0.05, 0) is 43.1 Å². The Morgan fingerprint density at radius 2 is 2.12 bits per heavy atom. The van der Waals surface area contributed by atoms with Crippen LogP contribution in [0.1, 0.15) is 30.8 Å². The van der Waals surface area contributed by atoms with Crippen LogP contribution in [0.3, 0.4) is 0 Å². The van der Waals surface area contributed by atoms with Crippen LogP contribution < -0.4 is 0 Å². The van der Waals surface area contributed by atoms with Crippen LogP contribution in [0, 0.1) is 17.2 Å².